The number of hydrogen-bond donors (Lipinski definition) is 1. The van der Waals surface area contributed by atoms with E-state index in [0.717, 1.165) is 38.9 Å². The summed E-state index contributed by atoms with van der Waals surface area (Å²) in [7, 11) is 0. The van der Waals surface area contributed by atoms with Gasteiger partial charge in [-0.2, -0.15) is 0 Å². The smallest absolute Gasteiger partial charge is 0.111 e. The monoisotopic (exact) mass is 344 g/mol. The van der Waals surface area contributed by atoms with Crippen LogP contribution in [0.15, 0.2) is 84.9 Å². The van der Waals surface area contributed by atoms with E-state index in [4.69, 9.17) is 16.6 Å². The standard InChI is InChI=1S/C22H17ClN2/c23-19-14-8-7-13-18(19)15-20-24-21(16-9-3-1-4-10-16)22(25-20)17-11-5-2-6-12-17/h1-14H,15H2,(H,24,25). The molecule has 25 heavy (non-hydrogen) atoms. The number of nitrogens with one attached hydrogen (secondary N) is 1. The summed E-state index contributed by atoms with van der Waals surface area (Å²) >= 11 is 6.31. The van der Waals surface area contributed by atoms with Crippen LogP contribution in [-0.2, 0) is 6.42 Å². The molecule has 0 saturated carbocycles. The van der Waals surface area contributed by atoms with Gasteiger partial charge in [0.05, 0.1) is 11.4 Å². The number of rotatable bonds is 4. The number of halogens is 1. The third-order valence-corrected chi connectivity index (χ3v) is 4.55. The Bertz CT molecular complexity index is 918. The summed E-state index contributed by atoms with van der Waals surface area (Å²) in [6.07, 6.45) is 0.673. The third-order valence-electron chi connectivity index (χ3n) is 4.18. The summed E-state index contributed by atoms with van der Waals surface area (Å²) in [5.41, 5.74) is 5.29. The number of hydrogen-bond acceptors (Lipinski definition) is 1. The zero-order valence-electron chi connectivity index (χ0n) is 13.6. The minimum absolute atomic E-state index is 0.673. The molecule has 3 heteroatoms. The van der Waals surface area contributed by atoms with Crippen molar-refractivity contribution in [3.05, 3.63) is 101 Å². The first kappa shape index (κ1) is 15.7. The molecule has 0 radical (unpaired) electrons. The molecule has 2 nitrogen and oxygen atoms in total. The molecule has 0 atom stereocenters. The van der Waals surface area contributed by atoms with Gasteiger partial charge in [0, 0.05) is 22.6 Å². The fourth-order valence-corrected chi connectivity index (χ4v) is 3.15. The number of imidazole rings is 1. The Morgan fingerprint density at radius 2 is 1.32 bits per heavy atom. The van der Waals surface area contributed by atoms with Gasteiger partial charge in [-0.3, -0.25) is 0 Å². The van der Waals surface area contributed by atoms with Crippen LogP contribution in [0.1, 0.15) is 11.4 Å². The highest BCUT2D eigenvalue weighted by molar-refractivity contribution is 6.31. The van der Waals surface area contributed by atoms with Gasteiger partial charge in [-0.25, -0.2) is 4.98 Å². The van der Waals surface area contributed by atoms with Gasteiger partial charge in [-0.05, 0) is 11.6 Å². The van der Waals surface area contributed by atoms with E-state index in [1.165, 1.54) is 0 Å². The topological polar surface area (TPSA) is 28.7 Å². The van der Waals surface area contributed by atoms with Gasteiger partial charge >= 0.3 is 0 Å². The van der Waals surface area contributed by atoms with E-state index in [1.807, 2.05) is 60.7 Å². The first-order chi connectivity index (χ1) is 12.3. The molecule has 1 heterocycles. The number of aromatic nitrogens is 2. The molecule has 0 aliphatic rings. The quantitative estimate of drug-likeness (QED) is 0.484. The van der Waals surface area contributed by atoms with E-state index in [9.17, 15) is 0 Å². The largest absolute Gasteiger partial charge is 0.341 e. The van der Waals surface area contributed by atoms with E-state index in [2.05, 4.69) is 29.2 Å². The lowest BCUT2D eigenvalue weighted by Crippen LogP contribution is -1.91. The summed E-state index contributed by atoms with van der Waals surface area (Å²) < 4.78 is 0. The normalized spacial score (nSPS) is 10.8. The molecular formula is C22H17ClN2. The highest BCUT2D eigenvalue weighted by Crippen LogP contribution is 2.31. The summed E-state index contributed by atoms with van der Waals surface area (Å²) in [5.74, 6) is 0.908. The van der Waals surface area contributed by atoms with Crippen LogP contribution >= 0.6 is 11.6 Å². The average molecular weight is 345 g/mol. The van der Waals surface area contributed by atoms with Gasteiger partial charge in [0.15, 0.2) is 0 Å². The summed E-state index contributed by atoms with van der Waals surface area (Å²) in [5, 5.41) is 0.765. The number of aromatic amines is 1. The second-order valence-corrected chi connectivity index (χ2v) is 6.31. The van der Waals surface area contributed by atoms with Crippen LogP contribution < -0.4 is 0 Å². The first-order valence-electron chi connectivity index (χ1n) is 8.24. The predicted molar refractivity (Wildman–Crippen MR) is 104 cm³/mol. The van der Waals surface area contributed by atoms with Gasteiger partial charge < -0.3 is 4.98 Å². The van der Waals surface area contributed by atoms with E-state index in [1.54, 1.807) is 0 Å². The molecule has 0 aliphatic carbocycles. The van der Waals surface area contributed by atoms with Crippen molar-refractivity contribution < 1.29 is 0 Å². The summed E-state index contributed by atoms with van der Waals surface area (Å²) in [4.78, 5) is 8.38. The Morgan fingerprint density at radius 1 is 0.720 bits per heavy atom. The van der Waals surface area contributed by atoms with Gasteiger partial charge in [0.2, 0.25) is 0 Å². The van der Waals surface area contributed by atoms with Crippen LogP contribution in [0.25, 0.3) is 22.5 Å². The highest BCUT2D eigenvalue weighted by Gasteiger charge is 2.14. The lowest BCUT2D eigenvalue weighted by atomic mass is 10.1. The number of nitrogens with zero attached hydrogens (tertiary/aromatic N) is 1. The molecule has 1 N–H and O–H groups in total. The fraction of sp³-hybridized carbons (Fsp3) is 0.0455. The zero-order chi connectivity index (χ0) is 17.1. The second kappa shape index (κ2) is 6.96. The maximum atomic E-state index is 6.31. The van der Waals surface area contributed by atoms with Crippen molar-refractivity contribution in [3.63, 3.8) is 0 Å². The minimum Gasteiger partial charge on any atom is -0.341 e. The van der Waals surface area contributed by atoms with Crippen molar-refractivity contribution in [3.8, 4) is 22.5 Å². The molecule has 4 aromatic rings. The Balaban J connectivity index is 1.80. The zero-order valence-corrected chi connectivity index (χ0v) is 14.4. The third kappa shape index (κ3) is 3.35. The van der Waals surface area contributed by atoms with Crippen molar-refractivity contribution in [1.82, 2.24) is 9.97 Å². The maximum Gasteiger partial charge on any atom is 0.111 e. The van der Waals surface area contributed by atoms with Gasteiger partial charge in [-0.1, -0.05) is 90.5 Å². The molecular weight excluding hydrogens is 328 g/mol. The highest BCUT2D eigenvalue weighted by atomic mass is 35.5. The molecule has 0 fully saturated rings. The molecule has 0 saturated heterocycles. The maximum absolute atomic E-state index is 6.31. The second-order valence-electron chi connectivity index (χ2n) is 5.91. The van der Waals surface area contributed by atoms with E-state index in [-0.39, 0.29) is 0 Å². The SMILES string of the molecule is Clc1ccccc1Cc1nc(-c2ccccc2)c(-c2ccccc2)[nH]1. The van der Waals surface area contributed by atoms with Crippen LogP contribution in [0.2, 0.25) is 5.02 Å². The number of benzene rings is 3. The van der Waals surface area contributed by atoms with Crippen LogP contribution in [-0.4, -0.2) is 9.97 Å². The predicted octanol–water partition coefficient (Wildman–Crippen LogP) is 5.99. The van der Waals surface area contributed by atoms with Crippen molar-refractivity contribution in [2.24, 2.45) is 0 Å². The first-order valence-corrected chi connectivity index (χ1v) is 8.62. The van der Waals surface area contributed by atoms with Gasteiger partial charge in [0.1, 0.15) is 5.82 Å². The molecule has 4 rings (SSSR count). The van der Waals surface area contributed by atoms with Crippen LogP contribution in [0.4, 0.5) is 0 Å². The number of H-pyrrole nitrogens is 1. The Labute approximate surface area is 152 Å². The van der Waals surface area contributed by atoms with E-state index >= 15 is 0 Å². The average Bonchev–Trinajstić information content (AvgIpc) is 3.09. The van der Waals surface area contributed by atoms with E-state index < -0.39 is 0 Å². The van der Waals surface area contributed by atoms with Gasteiger partial charge in [0.25, 0.3) is 0 Å². The van der Waals surface area contributed by atoms with Crippen molar-refractivity contribution in [2.75, 3.05) is 0 Å². The van der Waals surface area contributed by atoms with Crippen molar-refractivity contribution in [1.29, 1.82) is 0 Å². The lowest BCUT2D eigenvalue weighted by molar-refractivity contribution is 1.03. The van der Waals surface area contributed by atoms with Gasteiger partial charge in [-0.15, -0.1) is 0 Å². The molecule has 122 valence electrons. The van der Waals surface area contributed by atoms with Crippen molar-refractivity contribution in [2.45, 2.75) is 6.42 Å². The molecule has 0 aliphatic heterocycles. The Kier molecular flexibility index (Phi) is 4.36. The van der Waals surface area contributed by atoms with Crippen LogP contribution in [0, 0.1) is 0 Å². The molecule has 3 aromatic carbocycles. The molecule has 0 amide bonds. The van der Waals surface area contributed by atoms with E-state index in [0.29, 0.717) is 6.42 Å². The molecule has 0 spiro atoms. The summed E-state index contributed by atoms with van der Waals surface area (Å²) in [6.45, 7) is 0. The Hall–Kier alpha value is -2.84. The minimum atomic E-state index is 0.673. The molecule has 1 aromatic heterocycles. The van der Waals surface area contributed by atoms with Crippen LogP contribution in [0.3, 0.4) is 0 Å². The lowest BCUT2D eigenvalue weighted by Gasteiger charge is -2.02. The van der Waals surface area contributed by atoms with Crippen molar-refractivity contribution >= 4 is 11.6 Å². The fourth-order valence-electron chi connectivity index (χ4n) is 2.95. The molecule has 0 unspecified atom stereocenters. The molecule has 0 bridgehead atoms. The Morgan fingerprint density at radius 3 is 2.00 bits per heavy atom. The van der Waals surface area contributed by atoms with Crippen LogP contribution in [0.5, 0.6) is 0 Å². The summed E-state index contributed by atoms with van der Waals surface area (Å²) in [6, 6.07) is 28.4.